The monoisotopic (exact) mass is 437 g/mol. The normalized spacial score (nSPS) is 20.1. The van der Waals surface area contributed by atoms with Crippen LogP contribution in [0.4, 0.5) is 5.69 Å². The van der Waals surface area contributed by atoms with Crippen LogP contribution < -0.4 is 19.1 Å². The molecule has 33 heavy (non-hydrogen) atoms. The average molecular weight is 438 g/mol. The molecule has 1 aliphatic heterocycles. The van der Waals surface area contributed by atoms with Gasteiger partial charge < -0.3 is 19.1 Å². The van der Waals surface area contributed by atoms with E-state index in [1.54, 1.807) is 0 Å². The zero-order valence-electron chi connectivity index (χ0n) is 18.4. The molecular formula is C29H27NO3. The molecule has 5 rings (SSSR count). The predicted molar refractivity (Wildman–Crippen MR) is 131 cm³/mol. The third-order valence-electron chi connectivity index (χ3n) is 5.74. The zero-order valence-corrected chi connectivity index (χ0v) is 18.4. The lowest BCUT2D eigenvalue weighted by atomic mass is 10.0. The first-order chi connectivity index (χ1) is 16.3. The summed E-state index contributed by atoms with van der Waals surface area (Å²) in [5.41, 5.74) is 1.10. The third-order valence-corrected chi connectivity index (χ3v) is 5.74. The lowest BCUT2D eigenvalue weighted by Gasteiger charge is -2.44. The highest BCUT2D eigenvalue weighted by Gasteiger charge is 2.40. The van der Waals surface area contributed by atoms with Gasteiger partial charge in [0.25, 0.3) is 0 Å². The van der Waals surface area contributed by atoms with Gasteiger partial charge in [-0.15, -0.1) is 0 Å². The molecule has 0 aromatic heterocycles. The van der Waals surface area contributed by atoms with E-state index in [-0.39, 0.29) is 18.4 Å². The van der Waals surface area contributed by atoms with Crippen molar-refractivity contribution in [2.45, 2.75) is 24.9 Å². The topological polar surface area (TPSA) is 30.9 Å². The van der Waals surface area contributed by atoms with E-state index in [1.165, 1.54) is 0 Å². The van der Waals surface area contributed by atoms with Crippen molar-refractivity contribution in [2.24, 2.45) is 0 Å². The van der Waals surface area contributed by atoms with Crippen LogP contribution in [0.25, 0.3) is 0 Å². The fraction of sp³-hybridized carbons (Fsp3) is 0.172. The van der Waals surface area contributed by atoms with Crippen molar-refractivity contribution in [3.05, 3.63) is 121 Å². The minimum atomic E-state index is -0.195. The van der Waals surface area contributed by atoms with E-state index in [1.807, 2.05) is 97.1 Å². The van der Waals surface area contributed by atoms with Gasteiger partial charge in [0.1, 0.15) is 23.4 Å². The molecule has 4 aromatic rings. The van der Waals surface area contributed by atoms with E-state index in [0.717, 1.165) is 22.9 Å². The molecule has 166 valence electrons. The predicted octanol–water partition coefficient (Wildman–Crippen LogP) is 6.20. The molecule has 4 heteroatoms. The first-order valence-electron chi connectivity index (χ1n) is 11.3. The summed E-state index contributed by atoms with van der Waals surface area (Å²) in [6, 6.07) is 40.2. The molecule has 0 bridgehead atoms. The molecule has 3 atom stereocenters. The maximum atomic E-state index is 6.48. The maximum Gasteiger partial charge on any atom is 0.176 e. The van der Waals surface area contributed by atoms with Crippen LogP contribution in [0.3, 0.4) is 0 Å². The average Bonchev–Trinajstić information content (AvgIpc) is 2.88. The van der Waals surface area contributed by atoms with Crippen molar-refractivity contribution in [1.29, 1.82) is 0 Å². The van der Waals surface area contributed by atoms with Gasteiger partial charge in [-0.3, -0.25) is 0 Å². The van der Waals surface area contributed by atoms with Crippen molar-refractivity contribution >= 4 is 5.69 Å². The first kappa shape index (κ1) is 21.0. The Morgan fingerprint density at radius 3 is 1.42 bits per heavy atom. The number of hydrogen-bond donors (Lipinski definition) is 0. The summed E-state index contributed by atoms with van der Waals surface area (Å²) in [7, 11) is 0. The highest BCUT2D eigenvalue weighted by atomic mass is 16.6. The summed E-state index contributed by atoms with van der Waals surface area (Å²) >= 11 is 0. The third kappa shape index (κ3) is 5.29. The molecule has 1 aliphatic rings. The number of nitrogens with zero attached hydrogens (tertiary/aromatic N) is 1. The van der Waals surface area contributed by atoms with Gasteiger partial charge in [-0.1, -0.05) is 72.8 Å². The lowest BCUT2D eigenvalue weighted by Crippen LogP contribution is -2.58. The van der Waals surface area contributed by atoms with Crippen LogP contribution in [0.5, 0.6) is 17.2 Å². The fourth-order valence-electron chi connectivity index (χ4n) is 4.15. The van der Waals surface area contributed by atoms with Crippen LogP contribution in [-0.2, 0) is 0 Å². The summed E-state index contributed by atoms with van der Waals surface area (Å²) in [4.78, 5) is 2.27. The number of anilines is 1. The van der Waals surface area contributed by atoms with Crippen molar-refractivity contribution in [3.8, 4) is 17.2 Å². The maximum absolute atomic E-state index is 6.48. The van der Waals surface area contributed by atoms with E-state index >= 15 is 0 Å². The molecule has 0 spiro atoms. The minimum absolute atomic E-state index is 0.177. The molecule has 0 radical (unpaired) electrons. The molecule has 3 unspecified atom stereocenters. The second kappa shape index (κ2) is 10.1. The van der Waals surface area contributed by atoms with E-state index in [9.17, 15) is 0 Å². The Morgan fingerprint density at radius 2 is 0.909 bits per heavy atom. The van der Waals surface area contributed by atoms with Gasteiger partial charge in [-0.2, -0.15) is 0 Å². The summed E-state index contributed by atoms with van der Waals surface area (Å²) in [6.45, 7) is 0.633. The zero-order chi connectivity index (χ0) is 22.3. The Labute approximate surface area is 195 Å². The smallest absolute Gasteiger partial charge is 0.176 e. The molecule has 4 aromatic carbocycles. The number of para-hydroxylation sites is 4. The van der Waals surface area contributed by atoms with Crippen molar-refractivity contribution in [3.63, 3.8) is 0 Å². The number of ether oxygens (including phenoxy) is 3. The van der Waals surface area contributed by atoms with Gasteiger partial charge >= 0.3 is 0 Å². The molecule has 0 aliphatic carbocycles. The quantitative estimate of drug-likeness (QED) is 0.345. The highest BCUT2D eigenvalue weighted by molar-refractivity contribution is 5.48. The van der Waals surface area contributed by atoms with Gasteiger partial charge in [-0.25, -0.2) is 0 Å². The van der Waals surface area contributed by atoms with E-state index < -0.39 is 0 Å². The molecule has 1 saturated heterocycles. The van der Waals surface area contributed by atoms with E-state index in [2.05, 4.69) is 29.2 Å². The molecule has 1 fully saturated rings. The Kier molecular flexibility index (Phi) is 6.43. The number of benzene rings is 4. The van der Waals surface area contributed by atoms with Crippen molar-refractivity contribution in [2.75, 3.05) is 11.4 Å². The summed E-state index contributed by atoms with van der Waals surface area (Å²) in [5, 5.41) is 0. The van der Waals surface area contributed by atoms with Gasteiger partial charge in [0, 0.05) is 12.1 Å². The number of hydrogen-bond acceptors (Lipinski definition) is 4. The summed E-state index contributed by atoms with van der Waals surface area (Å²) in [6.07, 6.45) is 0.0970. The fourth-order valence-corrected chi connectivity index (χ4v) is 4.15. The molecule has 0 amide bonds. The summed E-state index contributed by atoms with van der Waals surface area (Å²) < 4.78 is 19.4. The van der Waals surface area contributed by atoms with Gasteiger partial charge in [0.2, 0.25) is 0 Å². The second-order valence-corrected chi connectivity index (χ2v) is 8.05. The van der Waals surface area contributed by atoms with Gasteiger partial charge in [0.05, 0.1) is 6.54 Å². The van der Waals surface area contributed by atoms with Crippen LogP contribution in [0, 0.1) is 0 Å². The van der Waals surface area contributed by atoms with E-state index in [0.29, 0.717) is 13.0 Å². The minimum Gasteiger partial charge on any atom is -0.486 e. The molecule has 0 N–H and O–H groups in total. The summed E-state index contributed by atoms with van der Waals surface area (Å²) in [5.74, 6) is 2.50. The molecule has 0 saturated carbocycles. The SMILES string of the molecule is c1ccc(OC2CC(Oc3ccccc3)N(c3ccccc3)CC2Oc2ccccc2)cc1. The Morgan fingerprint density at radius 1 is 0.485 bits per heavy atom. The first-order valence-corrected chi connectivity index (χ1v) is 11.3. The Bertz CT molecular complexity index is 1110. The van der Waals surface area contributed by atoms with E-state index in [4.69, 9.17) is 14.2 Å². The van der Waals surface area contributed by atoms with Gasteiger partial charge in [-0.05, 0) is 48.5 Å². The van der Waals surface area contributed by atoms with Crippen LogP contribution in [0.2, 0.25) is 0 Å². The highest BCUT2D eigenvalue weighted by Crippen LogP contribution is 2.31. The Hall–Kier alpha value is -3.92. The lowest BCUT2D eigenvalue weighted by molar-refractivity contribution is -0.00456. The van der Waals surface area contributed by atoms with Crippen molar-refractivity contribution < 1.29 is 14.2 Å². The second-order valence-electron chi connectivity index (χ2n) is 8.05. The van der Waals surface area contributed by atoms with Crippen LogP contribution in [0.1, 0.15) is 6.42 Å². The van der Waals surface area contributed by atoms with Crippen molar-refractivity contribution in [1.82, 2.24) is 0 Å². The number of rotatable bonds is 7. The van der Waals surface area contributed by atoms with Crippen LogP contribution in [-0.4, -0.2) is 25.0 Å². The number of piperidine rings is 1. The standard InChI is InChI=1S/C29H27NO3/c1-5-13-23(14-6-1)30-22-28(32-25-17-9-3-10-18-25)27(31-24-15-7-2-8-16-24)21-29(30)33-26-19-11-4-12-20-26/h1-20,27-29H,21-22H2. The molecule has 1 heterocycles. The van der Waals surface area contributed by atoms with Crippen LogP contribution in [0.15, 0.2) is 121 Å². The molecule has 4 nitrogen and oxygen atoms in total. The largest absolute Gasteiger partial charge is 0.486 e. The Balaban J connectivity index is 1.46. The molecular weight excluding hydrogens is 410 g/mol. The van der Waals surface area contributed by atoms with Crippen LogP contribution >= 0.6 is 0 Å². The van der Waals surface area contributed by atoms with Gasteiger partial charge in [0.15, 0.2) is 12.3 Å².